The highest BCUT2D eigenvalue weighted by Crippen LogP contribution is 2.30. The summed E-state index contributed by atoms with van der Waals surface area (Å²) in [6, 6.07) is 4.49. The van der Waals surface area contributed by atoms with Crippen molar-refractivity contribution in [3.63, 3.8) is 0 Å². The maximum Gasteiger partial charge on any atom is 0.416 e. The van der Waals surface area contributed by atoms with E-state index in [4.69, 9.17) is 0 Å². The Morgan fingerprint density at radius 2 is 2.12 bits per heavy atom. The van der Waals surface area contributed by atoms with E-state index in [2.05, 4.69) is 10.1 Å². The van der Waals surface area contributed by atoms with Gasteiger partial charge in [0.15, 0.2) is 0 Å². The van der Waals surface area contributed by atoms with Crippen LogP contribution in [0, 0.1) is 0 Å². The van der Waals surface area contributed by atoms with Gasteiger partial charge >= 0.3 is 6.18 Å². The van der Waals surface area contributed by atoms with E-state index < -0.39 is 11.7 Å². The number of carbonyl (C=O) groups is 1. The minimum atomic E-state index is -4.41. The SMILES string of the molecule is COCCC(=O)Nc1cccc(C(F)(F)F)c1. The normalized spacial score (nSPS) is 11.3. The summed E-state index contributed by atoms with van der Waals surface area (Å²) in [7, 11) is 1.44. The monoisotopic (exact) mass is 247 g/mol. The molecule has 0 radical (unpaired) electrons. The van der Waals surface area contributed by atoms with Crippen molar-refractivity contribution in [2.45, 2.75) is 12.6 Å². The largest absolute Gasteiger partial charge is 0.416 e. The van der Waals surface area contributed by atoms with Crippen molar-refractivity contribution < 1.29 is 22.7 Å². The number of rotatable bonds is 4. The fraction of sp³-hybridized carbons (Fsp3) is 0.364. The van der Waals surface area contributed by atoms with Crippen LogP contribution < -0.4 is 5.32 Å². The molecule has 1 rings (SSSR count). The van der Waals surface area contributed by atoms with E-state index in [1.807, 2.05) is 0 Å². The molecule has 0 bridgehead atoms. The van der Waals surface area contributed by atoms with Crippen molar-refractivity contribution in [2.75, 3.05) is 19.0 Å². The van der Waals surface area contributed by atoms with E-state index in [1.165, 1.54) is 19.2 Å². The zero-order valence-corrected chi connectivity index (χ0v) is 9.17. The lowest BCUT2D eigenvalue weighted by atomic mass is 10.2. The number of nitrogens with one attached hydrogen (secondary N) is 1. The van der Waals surface area contributed by atoms with Gasteiger partial charge in [-0.25, -0.2) is 0 Å². The number of benzene rings is 1. The predicted octanol–water partition coefficient (Wildman–Crippen LogP) is 2.68. The van der Waals surface area contributed by atoms with Crippen LogP contribution in [0.3, 0.4) is 0 Å². The van der Waals surface area contributed by atoms with E-state index in [0.717, 1.165) is 12.1 Å². The second-order valence-electron chi connectivity index (χ2n) is 3.37. The summed E-state index contributed by atoms with van der Waals surface area (Å²) in [6.07, 6.45) is -4.31. The van der Waals surface area contributed by atoms with Gasteiger partial charge in [0.25, 0.3) is 0 Å². The highest BCUT2D eigenvalue weighted by molar-refractivity contribution is 5.90. The molecule has 0 saturated heterocycles. The van der Waals surface area contributed by atoms with Crippen LogP contribution in [0.5, 0.6) is 0 Å². The smallest absolute Gasteiger partial charge is 0.384 e. The number of methoxy groups -OCH3 is 1. The van der Waals surface area contributed by atoms with Gasteiger partial charge in [-0.15, -0.1) is 0 Å². The fourth-order valence-corrected chi connectivity index (χ4v) is 1.19. The zero-order chi connectivity index (χ0) is 12.9. The second kappa shape index (κ2) is 5.67. The van der Waals surface area contributed by atoms with Crippen LogP contribution in [0.2, 0.25) is 0 Å². The highest BCUT2D eigenvalue weighted by Gasteiger charge is 2.30. The second-order valence-corrected chi connectivity index (χ2v) is 3.37. The third-order valence-corrected chi connectivity index (χ3v) is 2.01. The third-order valence-electron chi connectivity index (χ3n) is 2.01. The Balaban J connectivity index is 2.69. The molecule has 0 fully saturated rings. The summed E-state index contributed by atoms with van der Waals surface area (Å²) in [4.78, 5) is 11.3. The fourth-order valence-electron chi connectivity index (χ4n) is 1.19. The summed E-state index contributed by atoms with van der Waals surface area (Å²) in [5.41, 5.74) is -0.664. The Morgan fingerprint density at radius 3 is 2.71 bits per heavy atom. The number of hydrogen-bond donors (Lipinski definition) is 1. The molecule has 0 aliphatic rings. The lowest BCUT2D eigenvalue weighted by Crippen LogP contribution is -2.14. The Morgan fingerprint density at radius 1 is 1.41 bits per heavy atom. The lowest BCUT2D eigenvalue weighted by Gasteiger charge is -2.09. The average molecular weight is 247 g/mol. The van der Waals surface area contributed by atoms with Crippen molar-refractivity contribution in [3.05, 3.63) is 29.8 Å². The Bertz CT molecular complexity index is 391. The maximum absolute atomic E-state index is 12.4. The molecule has 0 aliphatic heterocycles. The number of hydrogen-bond acceptors (Lipinski definition) is 2. The van der Waals surface area contributed by atoms with Gasteiger partial charge in [0.1, 0.15) is 0 Å². The van der Waals surface area contributed by atoms with Gasteiger partial charge in [-0.1, -0.05) is 6.07 Å². The van der Waals surface area contributed by atoms with E-state index >= 15 is 0 Å². The number of carbonyl (C=O) groups excluding carboxylic acids is 1. The van der Waals surface area contributed by atoms with Gasteiger partial charge in [0, 0.05) is 12.8 Å². The first-order valence-corrected chi connectivity index (χ1v) is 4.89. The van der Waals surface area contributed by atoms with Crippen molar-refractivity contribution >= 4 is 11.6 Å². The Kier molecular flexibility index (Phi) is 4.51. The van der Waals surface area contributed by atoms with E-state index in [9.17, 15) is 18.0 Å². The molecule has 3 nitrogen and oxygen atoms in total. The molecule has 0 aromatic heterocycles. The van der Waals surface area contributed by atoms with Crippen LogP contribution in [-0.4, -0.2) is 19.6 Å². The van der Waals surface area contributed by atoms with Crippen LogP contribution in [0.1, 0.15) is 12.0 Å². The van der Waals surface area contributed by atoms with E-state index in [-0.39, 0.29) is 24.6 Å². The molecule has 0 aliphatic carbocycles. The van der Waals surface area contributed by atoms with Crippen LogP contribution in [0.15, 0.2) is 24.3 Å². The van der Waals surface area contributed by atoms with Crippen molar-refractivity contribution in [1.82, 2.24) is 0 Å². The van der Waals surface area contributed by atoms with Gasteiger partial charge in [-0.05, 0) is 18.2 Å². The molecule has 0 unspecified atom stereocenters. The first-order chi connectivity index (χ1) is 7.93. The topological polar surface area (TPSA) is 38.3 Å². The van der Waals surface area contributed by atoms with Crippen LogP contribution in [0.25, 0.3) is 0 Å². The zero-order valence-electron chi connectivity index (χ0n) is 9.17. The molecular formula is C11H12F3NO2. The van der Waals surface area contributed by atoms with Gasteiger partial charge in [0.05, 0.1) is 18.6 Å². The molecule has 0 atom stereocenters. The number of anilines is 1. The molecule has 6 heteroatoms. The summed E-state index contributed by atoms with van der Waals surface area (Å²) in [5.74, 6) is -0.383. The van der Waals surface area contributed by atoms with Crippen LogP contribution >= 0.6 is 0 Å². The number of ether oxygens (including phenoxy) is 1. The van der Waals surface area contributed by atoms with Gasteiger partial charge in [0.2, 0.25) is 5.91 Å². The van der Waals surface area contributed by atoms with E-state index in [1.54, 1.807) is 0 Å². The van der Waals surface area contributed by atoms with Crippen molar-refractivity contribution in [1.29, 1.82) is 0 Å². The summed E-state index contributed by atoms with van der Waals surface area (Å²) >= 11 is 0. The standard InChI is InChI=1S/C11H12F3NO2/c1-17-6-5-10(16)15-9-4-2-3-8(7-9)11(12,13)14/h2-4,7H,5-6H2,1H3,(H,15,16). The third kappa shape index (κ3) is 4.44. The quantitative estimate of drug-likeness (QED) is 0.888. The maximum atomic E-state index is 12.4. The van der Waals surface area contributed by atoms with Gasteiger partial charge in [-0.2, -0.15) is 13.2 Å². The van der Waals surface area contributed by atoms with Crippen molar-refractivity contribution in [2.24, 2.45) is 0 Å². The first-order valence-electron chi connectivity index (χ1n) is 4.89. The molecule has 0 heterocycles. The summed E-state index contributed by atoms with van der Waals surface area (Å²) < 4.78 is 41.8. The molecule has 1 N–H and O–H groups in total. The first kappa shape index (κ1) is 13.5. The minimum absolute atomic E-state index is 0.104. The summed E-state index contributed by atoms with van der Waals surface area (Å²) in [5, 5.41) is 2.37. The molecule has 94 valence electrons. The summed E-state index contributed by atoms with van der Waals surface area (Å²) in [6.45, 7) is 0.227. The molecule has 1 aromatic rings. The van der Waals surface area contributed by atoms with Gasteiger partial charge < -0.3 is 10.1 Å². The molecule has 1 amide bonds. The van der Waals surface area contributed by atoms with E-state index in [0.29, 0.717) is 0 Å². The molecule has 0 spiro atoms. The van der Waals surface area contributed by atoms with Crippen molar-refractivity contribution in [3.8, 4) is 0 Å². The average Bonchev–Trinajstić information content (AvgIpc) is 2.25. The van der Waals surface area contributed by atoms with Crippen LogP contribution in [0.4, 0.5) is 18.9 Å². The van der Waals surface area contributed by atoms with Crippen LogP contribution in [-0.2, 0) is 15.7 Å². The minimum Gasteiger partial charge on any atom is -0.384 e. The highest BCUT2D eigenvalue weighted by atomic mass is 19.4. The molecule has 0 saturated carbocycles. The number of halogens is 3. The predicted molar refractivity (Wildman–Crippen MR) is 56.6 cm³/mol. The molecular weight excluding hydrogens is 235 g/mol. The molecule has 1 aromatic carbocycles. The molecule has 17 heavy (non-hydrogen) atoms. The number of alkyl halides is 3. The Hall–Kier alpha value is -1.56. The lowest BCUT2D eigenvalue weighted by molar-refractivity contribution is -0.137. The number of amides is 1. The van der Waals surface area contributed by atoms with Gasteiger partial charge in [-0.3, -0.25) is 4.79 Å². The Labute approximate surface area is 96.6 Å².